The molecule has 6 atom stereocenters. The Kier molecular flexibility index (Phi) is 14.5. The number of nitrogens with zero attached hydrogens (tertiary/aromatic N) is 2. The van der Waals surface area contributed by atoms with Crippen molar-refractivity contribution < 1.29 is 41.2 Å². The van der Waals surface area contributed by atoms with E-state index in [0.29, 0.717) is 6.42 Å². The van der Waals surface area contributed by atoms with Crippen LogP contribution in [0.4, 0.5) is 13.6 Å². The predicted octanol–water partition coefficient (Wildman–Crippen LogP) is 4.36. The van der Waals surface area contributed by atoms with E-state index >= 15 is 0 Å². The smallest absolute Gasteiger partial charge is 0.315 e. The minimum absolute atomic E-state index is 0.00187. The topological polar surface area (TPSA) is 150 Å². The lowest BCUT2D eigenvalue weighted by Crippen LogP contribution is -2.61. The number of amides is 3. The average molecular weight is 703 g/mol. The fourth-order valence-electron chi connectivity index (χ4n) is 6.66. The molecule has 274 valence electrons. The van der Waals surface area contributed by atoms with E-state index in [1.54, 1.807) is 20.8 Å². The van der Waals surface area contributed by atoms with Gasteiger partial charge in [-0.3, -0.25) is 19.2 Å². The summed E-state index contributed by atoms with van der Waals surface area (Å²) in [6.07, 6.45) is -0.721. The van der Waals surface area contributed by atoms with E-state index in [1.807, 2.05) is 20.8 Å². The van der Waals surface area contributed by atoms with Gasteiger partial charge in [-0.15, -0.1) is 6.58 Å². The number of alkyl halides is 2. The first-order chi connectivity index (χ1) is 22.0. The number of halogens is 2. The Morgan fingerprint density at radius 3 is 2.17 bits per heavy atom. The van der Waals surface area contributed by atoms with E-state index < -0.39 is 93.5 Å². The first-order valence-electron chi connectivity index (χ1n) is 16.8. The third kappa shape index (κ3) is 10.9. The van der Waals surface area contributed by atoms with Gasteiger partial charge in [0.1, 0.15) is 6.04 Å². The molecule has 2 aliphatic rings. The van der Waals surface area contributed by atoms with Crippen LogP contribution < -0.4 is 10.6 Å². The molecule has 0 radical (unpaired) electrons. The van der Waals surface area contributed by atoms with Crippen LogP contribution in [-0.2, 0) is 29.2 Å². The van der Waals surface area contributed by atoms with Gasteiger partial charge in [0.15, 0.2) is 11.6 Å². The van der Waals surface area contributed by atoms with Crippen molar-refractivity contribution in [2.24, 2.45) is 28.6 Å². The summed E-state index contributed by atoms with van der Waals surface area (Å²) in [5.41, 5.74) is -1.38. The predicted molar refractivity (Wildman–Crippen MR) is 180 cm³/mol. The number of allylic oxidation sites excluding steroid dienone is 1. The van der Waals surface area contributed by atoms with Gasteiger partial charge in [0.05, 0.1) is 11.8 Å². The maximum absolute atomic E-state index is 14.3. The van der Waals surface area contributed by atoms with Gasteiger partial charge >= 0.3 is 6.03 Å². The van der Waals surface area contributed by atoms with Gasteiger partial charge in [0.25, 0.3) is 0 Å². The molecule has 2 fully saturated rings. The van der Waals surface area contributed by atoms with Crippen molar-refractivity contribution in [1.29, 1.82) is 0 Å². The number of likely N-dealkylation sites (tertiary alicyclic amines) is 1. The van der Waals surface area contributed by atoms with Gasteiger partial charge in [-0.25, -0.2) is 26.3 Å². The monoisotopic (exact) mass is 702 g/mol. The molecular weight excluding hydrogens is 646 g/mol. The van der Waals surface area contributed by atoms with Crippen LogP contribution in [0.25, 0.3) is 0 Å². The minimum atomic E-state index is -3.53. The summed E-state index contributed by atoms with van der Waals surface area (Å²) in [5, 5.41) is 5.63. The number of nitrogens with one attached hydrogen (secondary N) is 2. The van der Waals surface area contributed by atoms with Crippen LogP contribution in [0.15, 0.2) is 12.7 Å². The standard InChI is InChI=1S/C34H56F2N4O7S/c1-10-12-16-24(41)29(43)22(18-27(35)36)17-25(42)28-23-15-13-14-21(23)19-40(28)31(44)30(34(6,7)8)38-32(45)37-26(33(3,4)5)20-39(9)48(46,47)11-2/h10,21-23,26-28,30H,1,11-20H2,2-9H3,(H2,37,38,45)/t21-,22-,23-,26+,28-,30+/m0/s1. The molecule has 48 heavy (non-hydrogen) atoms. The Hall–Kier alpha value is -2.74. The summed E-state index contributed by atoms with van der Waals surface area (Å²) >= 11 is 0. The summed E-state index contributed by atoms with van der Waals surface area (Å²) < 4.78 is 53.1. The zero-order valence-electron chi connectivity index (χ0n) is 29.8. The largest absolute Gasteiger partial charge is 0.334 e. The molecule has 1 saturated heterocycles. The minimum Gasteiger partial charge on any atom is -0.334 e. The van der Waals surface area contributed by atoms with Gasteiger partial charge < -0.3 is 15.5 Å². The molecular formula is C34H56F2N4O7S. The highest BCUT2D eigenvalue weighted by Crippen LogP contribution is 2.44. The summed E-state index contributed by atoms with van der Waals surface area (Å²) in [5.74, 6) is -4.73. The second-order valence-electron chi connectivity index (χ2n) is 15.4. The lowest BCUT2D eigenvalue weighted by molar-refractivity contribution is -0.144. The van der Waals surface area contributed by atoms with Crippen molar-refractivity contribution in [3.8, 4) is 0 Å². The van der Waals surface area contributed by atoms with Crippen molar-refractivity contribution in [1.82, 2.24) is 19.8 Å². The number of carbonyl (C=O) groups is 5. The Morgan fingerprint density at radius 1 is 1.02 bits per heavy atom. The van der Waals surface area contributed by atoms with E-state index in [-0.39, 0.29) is 43.5 Å². The Morgan fingerprint density at radius 2 is 1.65 bits per heavy atom. The molecule has 14 heteroatoms. The molecule has 0 aromatic carbocycles. The SMILES string of the molecule is C=CCCC(=O)C(=O)[C@@H](CC(=O)[C@@H]1[C@H]2CCC[C@H]2CN1C(=O)[C@@H](NC(=O)N[C@H](CN(C)S(=O)(=O)CC)C(C)(C)C)C(C)(C)C)CC(F)F. The third-order valence-corrected chi connectivity index (χ3v) is 11.5. The van der Waals surface area contributed by atoms with E-state index in [1.165, 1.54) is 29.3 Å². The average Bonchev–Trinajstić information content (AvgIpc) is 3.57. The van der Waals surface area contributed by atoms with Crippen molar-refractivity contribution >= 4 is 39.3 Å². The fraction of sp³-hybridized carbons (Fsp3) is 0.794. The van der Waals surface area contributed by atoms with Gasteiger partial charge in [-0.1, -0.05) is 54.0 Å². The van der Waals surface area contributed by atoms with Crippen molar-refractivity contribution in [3.05, 3.63) is 12.7 Å². The fourth-order valence-corrected chi connectivity index (χ4v) is 7.48. The van der Waals surface area contributed by atoms with Crippen LogP contribution in [0.1, 0.15) is 93.4 Å². The van der Waals surface area contributed by atoms with Crippen molar-refractivity contribution in [2.75, 3.05) is 25.9 Å². The maximum Gasteiger partial charge on any atom is 0.315 e. The zero-order chi connectivity index (χ0) is 36.8. The normalized spacial score (nSPS) is 21.8. The van der Waals surface area contributed by atoms with Crippen molar-refractivity contribution in [2.45, 2.75) is 118 Å². The second-order valence-corrected chi connectivity index (χ2v) is 17.8. The Balaban J connectivity index is 2.36. The molecule has 0 aromatic heterocycles. The lowest BCUT2D eigenvalue weighted by Gasteiger charge is -2.38. The van der Waals surface area contributed by atoms with Gasteiger partial charge in [0, 0.05) is 51.4 Å². The van der Waals surface area contributed by atoms with E-state index in [4.69, 9.17) is 0 Å². The van der Waals surface area contributed by atoms with E-state index in [9.17, 15) is 41.2 Å². The van der Waals surface area contributed by atoms with Crippen molar-refractivity contribution in [3.63, 3.8) is 0 Å². The number of urea groups is 1. The summed E-state index contributed by atoms with van der Waals surface area (Å²) in [4.78, 5) is 68.5. The summed E-state index contributed by atoms with van der Waals surface area (Å²) in [7, 11) is -2.09. The molecule has 1 saturated carbocycles. The lowest BCUT2D eigenvalue weighted by atomic mass is 9.83. The van der Waals surface area contributed by atoms with Crippen LogP contribution in [0.2, 0.25) is 0 Å². The number of sulfonamides is 1. The van der Waals surface area contributed by atoms with Gasteiger partial charge in [-0.2, -0.15) is 0 Å². The second kappa shape index (κ2) is 16.8. The highest BCUT2D eigenvalue weighted by molar-refractivity contribution is 7.89. The molecule has 1 heterocycles. The third-order valence-electron chi connectivity index (χ3n) is 9.65. The molecule has 2 rings (SSSR count). The number of likely N-dealkylation sites (N-methyl/N-ethyl adjacent to an activating group) is 1. The molecule has 0 spiro atoms. The van der Waals surface area contributed by atoms with Crippen LogP contribution in [0.5, 0.6) is 0 Å². The number of hydrogen-bond acceptors (Lipinski definition) is 7. The van der Waals surface area contributed by atoms with Gasteiger partial charge in [-0.05, 0) is 48.9 Å². The van der Waals surface area contributed by atoms with E-state index in [0.717, 1.165) is 12.8 Å². The number of hydrogen-bond donors (Lipinski definition) is 2. The molecule has 0 unspecified atom stereocenters. The first kappa shape index (κ1) is 41.4. The van der Waals surface area contributed by atoms with Crippen LogP contribution in [0, 0.1) is 28.6 Å². The summed E-state index contributed by atoms with van der Waals surface area (Å²) in [6, 6.07) is -3.40. The number of fused-ring (bicyclic) bond motifs is 1. The van der Waals surface area contributed by atoms with Crippen LogP contribution in [-0.4, -0.2) is 97.4 Å². The maximum atomic E-state index is 14.3. The van der Waals surface area contributed by atoms with E-state index in [2.05, 4.69) is 17.2 Å². The van der Waals surface area contributed by atoms with Crippen LogP contribution >= 0.6 is 0 Å². The first-order valence-corrected chi connectivity index (χ1v) is 18.5. The van der Waals surface area contributed by atoms with Crippen LogP contribution in [0.3, 0.4) is 0 Å². The molecule has 0 bridgehead atoms. The highest BCUT2D eigenvalue weighted by atomic mass is 32.2. The number of ketones is 3. The zero-order valence-corrected chi connectivity index (χ0v) is 30.6. The number of rotatable bonds is 17. The molecule has 0 aromatic rings. The van der Waals surface area contributed by atoms with Gasteiger partial charge in [0.2, 0.25) is 28.1 Å². The quantitative estimate of drug-likeness (QED) is 0.169. The highest BCUT2D eigenvalue weighted by Gasteiger charge is 2.52. The molecule has 3 amide bonds. The number of carbonyl (C=O) groups excluding carboxylic acids is 5. The molecule has 1 aliphatic heterocycles. The number of Topliss-reactive ketones (excluding diaryl/α,β-unsaturated/α-hetero) is 3. The Bertz CT molecular complexity index is 1310. The Labute approximate surface area is 285 Å². The molecule has 2 N–H and O–H groups in total. The molecule has 11 nitrogen and oxygen atoms in total. The molecule has 1 aliphatic carbocycles. The summed E-state index contributed by atoms with van der Waals surface area (Å²) in [6.45, 7) is 16.1.